The molecule has 35 heavy (non-hydrogen) atoms. The van der Waals surface area contributed by atoms with Crippen LogP contribution in [0.15, 0.2) is 82.9 Å². The van der Waals surface area contributed by atoms with Crippen LogP contribution in [0.2, 0.25) is 5.02 Å². The van der Waals surface area contributed by atoms with Crippen LogP contribution >= 0.6 is 23.4 Å². The topological polar surface area (TPSA) is 131 Å². The number of nitro groups is 1. The van der Waals surface area contributed by atoms with Gasteiger partial charge in [0.15, 0.2) is 5.82 Å². The number of nitro benzene ring substituents is 1. The molecular weight excluding hydrogens is 492 g/mol. The largest absolute Gasteiger partial charge is 0.488 e. The number of para-hydroxylation sites is 1. The summed E-state index contributed by atoms with van der Waals surface area (Å²) in [6.45, 7) is 0.157. The van der Waals surface area contributed by atoms with E-state index in [0.29, 0.717) is 22.2 Å². The Balaban J connectivity index is 1.51. The predicted molar refractivity (Wildman–Crippen MR) is 132 cm³/mol. The Labute approximate surface area is 208 Å². The maximum Gasteiger partial charge on any atom is 0.342 e. The smallest absolute Gasteiger partial charge is 0.342 e. The summed E-state index contributed by atoms with van der Waals surface area (Å²) in [5, 5.41) is 28.3. The molecule has 0 saturated carbocycles. The summed E-state index contributed by atoms with van der Waals surface area (Å²) in [4.78, 5) is 26.6. The highest BCUT2D eigenvalue weighted by molar-refractivity contribution is 8.04. The van der Waals surface area contributed by atoms with Gasteiger partial charge in [0, 0.05) is 28.3 Å². The number of ether oxygens (including phenoxy) is 1. The first-order valence-corrected chi connectivity index (χ1v) is 11.3. The van der Waals surface area contributed by atoms with Gasteiger partial charge in [0.05, 0.1) is 4.92 Å². The maximum absolute atomic E-state index is 11.9. The number of hydrogen-bond acceptors (Lipinski definition) is 7. The van der Waals surface area contributed by atoms with Crippen molar-refractivity contribution < 1.29 is 19.6 Å². The molecule has 0 amide bonds. The first-order valence-electron chi connectivity index (χ1n) is 10.2. The van der Waals surface area contributed by atoms with E-state index in [9.17, 15) is 20.0 Å². The summed E-state index contributed by atoms with van der Waals surface area (Å²) in [5.74, 6) is -0.194. The molecule has 4 aromatic rings. The molecule has 11 heteroatoms. The number of aromatic nitrogens is 3. The molecular formula is C24H17ClN4O5S. The van der Waals surface area contributed by atoms with Gasteiger partial charge >= 0.3 is 5.97 Å². The molecule has 4 rings (SSSR count). The van der Waals surface area contributed by atoms with Crippen molar-refractivity contribution in [1.82, 2.24) is 15.2 Å². The van der Waals surface area contributed by atoms with Crippen molar-refractivity contribution in [3.8, 4) is 17.1 Å². The standard InChI is InChI=1S/C24H17ClN4O5S/c25-18-9-7-16(8-10-18)22-26-24(28-27-22)35-21(23(30)31)13-17-3-1-2-4-20(17)34-14-15-5-11-19(12-6-15)29(32)33/h1-13H,14H2,(H,30,31)(H,26,27,28)/b21-13-. The molecule has 9 nitrogen and oxygen atoms in total. The molecule has 0 aliphatic carbocycles. The molecule has 0 aliphatic heterocycles. The maximum atomic E-state index is 11.9. The lowest BCUT2D eigenvalue weighted by molar-refractivity contribution is -0.384. The van der Waals surface area contributed by atoms with Crippen molar-refractivity contribution in [1.29, 1.82) is 0 Å². The van der Waals surface area contributed by atoms with Crippen molar-refractivity contribution in [2.75, 3.05) is 0 Å². The monoisotopic (exact) mass is 508 g/mol. The summed E-state index contributed by atoms with van der Waals surface area (Å²) in [7, 11) is 0. The number of halogens is 1. The van der Waals surface area contributed by atoms with Gasteiger partial charge in [0.1, 0.15) is 17.3 Å². The van der Waals surface area contributed by atoms with Crippen molar-refractivity contribution in [2.24, 2.45) is 0 Å². The number of aliphatic carboxylic acids is 1. The fourth-order valence-electron chi connectivity index (χ4n) is 3.01. The van der Waals surface area contributed by atoms with E-state index in [2.05, 4.69) is 15.2 Å². The Hall–Kier alpha value is -4.15. The SMILES string of the molecule is O=C(O)/C(=C/c1ccccc1OCc1ccc([N+](=O)[O-])cc1)Sc1n[nH]c(-c2ccc(Cl)cc2)n1. The Morgan fingerprint density at radius 3 is 2.51 bits per heavy atom. The van der Waals surface area contributed by atoms with E-state index in [-0.39, 0.29) is 22.4 Å². The fourth-order valence-corrected chi connectivity index (χ4v) is 3.83. The number of nitrogens with one attached hydrogen (secondary N) is 1. The second-order valence-corrected chi connectivity index (χ2v) is 8.58. The third-order valence-corrected chi connectivity index (χ3v) is 5.87. The van der Waals surface area contributed by atoms with E-state index in [1.54, 1.807) is 60.7 Å². The second-order valence-electron chi connectivity index (χ2n) is 7.14. The molecule has 0 unspecified atom stereocenters. The van der Waals surface area contributed by atoms with Gasteiger partial charge in [0.2, 0.25) is 5.16 Å². The molecule has 0 saturated heterocycles. The minimum absolute atomic E-state index is 0.00181. The average molecular weight is 509 g/mol. The van der Waals surface area contributed by atoms with Crippen LogP contribution in [0.3, 0.4) is 0 Å². The third kappa shape index (κ3) is 6.25. The minimum atomic E-state index is -1.14. The minimum Gasteiger partial charge on any atom is -0.488 e. The van der Waals surface area contributed by atoms with Gasteiger partial charge in [-0.15, -0.1) is 5.10 Å². The molecule has 0 atom stereocenters. The van der Waals surface area contributed by atoms with Crippen LogP contribution in [0.25, 0.3) is 17.5 Å². The van der Waals surface area contributed by atoms with E-state index in [0.717, 1.165) is 22.9 Å². The van der Waals surface area contributed by atoms with E-state index in [1.807, 2.05) is 0 Å². The Morgan fingerprint density at radius 2 is 1.83 bits per heavy atom. The molecule has 0 aliphatic rings. The molecule has 1 aromatic heterocycles. The number of carboxylic acids is 1. The van der Waals surface area contributed by atoms with Crippen molar-refractivity contribution >= 4 is 41.1 Å². The molecule has 176 valence electrons. The molecule has 1 heterocycles. The van der Waals surface area contributed by atoms with E-state index < -0.39 is 10.9 Å². The number of non-ortho nitro benzene ring substituents is 1. The van der Waals surface area contributed by atoms with Crippen LogP contribution in [0.4, 0.5) is 5.69 Å². The summed E-state index contributed by atoms with van der Waals surface area (Å²) < 4.78 is 5.86. The van der Waals surface area contributed by atoms with Crippen LogP contribution in [0.5, 0.6) is 5.75 Å². The van der Waals surface area contributed by atoms with Crippen molar-refractivity contribution in [3.05, 3.63) is 104 Å². The number of hydrogen-bond donors (Lipinski definition) is 2. The Kier molecular flexibility index (Phi) is 7.44. The normalized spacial score (nSPS) is 11.3. The van der Waals surface area contributed by atoms with Crippen LogP contribution in [-0.2, 0) is 11.4 Å². The van der Waals surface area contributed by atoms with Crippen LogP contribution in [-0.4, -0.2) is 31.2 Å². The lowest BCUT2D eigenvalue weighted by Gasteiger charge is -2.10. The van der Waals surface area contributed by atoms with Gasteiger partial charge < -0.3 is 9.84 Å². The van der Waals surface area contributed by atoms with Gasteiger partial charge in [-0.05, 0) is 65.9 Å². The summed E-state index contributed by atoms with van der Waals surface area (Å²) >= 11 is 6.82. The van der Waals surface area contributed by atoms with E-state index >= 15 is 0 Å². The molecule has 3 aromatic carbocycles. The Morgan fingerprint density at radius 1 is 1.11 bits per heavy atom. The number of benzene rings is 3. The Bertz CT molecular complexity index is 1390. The molecule has 0 radical (unpaired) electrons. The van der Waals surface area contributed by atoms with Gasteiger partial charge in [-0.3, -0.25) is 15.2 Å². The molecule has 2 N–H and O–H groups in total. The number of nitrogens with zero attached hydrogens (tertiary/aromatic N) is 3. The number of thioether (sulfide) groups is 1. The number of carboxylic acid groups (broad SMARTS) is 1. The summed E-state index contributed by atoms with van der Waals surface area (Å²) in [5.41, 5.74) is 2.04. The van der Waals surface area contributed by atoms with Crippen molar-refractivity contribution in [3.63, 3.8) is 0 Å². The lowest BCUT2D eigenvalue weighted by atomic mass is 10.2. The lowest BCUT2D eigenvalue weighted by Crippen LogP contribution is -2.00. The summed E-state index contributed by atoms with van der Waals surface area (Å²) in [6, 6.07) is 20.0. The zero-order chi connectivity index (χ0) is 24.8. The highest BCUT2D eigenvalue weighted by Gasteiger charge is 2.16. The van der Waals surface area contributed by atoms with Crippen LogP contribution in [0, 0.1) is 10.1 Å². The van der Waals surface area contributed by atoms with E-state index in [4.69, 9.17) is 16.3 Å². The number of aromatic amines is 1. The van der Waals surface area contributed by atoms with Gasteiger partial charge in [-0.1, -0.05) is 29.8 Å². The zero-order valence-electron chi connectivity index (χ0n) is 17.9. The highest BCUT2D eigenvalue weighted by Crippen LogP contribution is 2.30. The van der Waals surface area contributed by atoms with E-state index in [1.165, 1.54) is 18.2 Å². The average Bonchev–Trinajstić information content (AvgIpc) is 3.32. The molecule has 0 spiro atoms. The highest BCUT2D eigenvalue weighted by atomic mass is 35.5. The first-order chi connectivity index (χ1) is 16.9. The van der Waals surface area contributed by atoms with Crippen LogP contribution in [0.1, 0.15) is 11.1 Å². The number of carbonyl (C=O) groups is 1. The van der Waals surface area contributed by atoms with Gasteiger partial charge in [-0.2, -0.15) is 0 Å². The molecule has 0 bridgehead atoms. The second kappa shape index (κ2) is 10.9. The molecule has 0 fully saturated rings. The predicted octanol–water partition coefficient (Wildman–Crippen LogP) is 5.83. The zero-order valence-corrected chi connectivity index (χ0v) is 19.5. The quantitative estimate of drug-likeness (QED) is 0.125. The van der Waals surface area contributed by atoms with Gasteiger partial charge in [-0.25, -0.2) is 9.78 Å². The fraction of sp³-hybridized carbons (Fsp3) is 0.0417. The van der Waals surface area contributed by atoms with Crippen LogP contribution < -0.4 is 4.74 Å². The third-order valence-electron chi connectivity index (χ3n) is 4.74. The number of H-pyrrole nitrogens is 1. The summed E-state index contributed by atoms with van der Waals surface area (Å²) in [6.07, 6.45) is 1.48. The van der Waals surface area contributed by atoms with Crippen molar-refractivity contribution in [2.45, 2.75) is 11.8 Å². The number of rotatable bonds is 9. The first kappa shape index (κ1) is 24.0. The van der Waals surface area contributed by atoms with Gasteiger partial charge in [0.25, 0.3) is 5.69 Å².